The predicted molar refractivity (Wildman–Crippen MR) is 108 cm³/mol. The van der Waals surface area contributed by atoms with E-state index >= 15 is 0 Å². The van der Waals surface area contributed by atoms with Crippen LogP contribution in [-0.2, 0) is 6.54 Å². The monoisotopic (exact) mass is 367 g/mol. The minimum Gasteiger partial charge on any atom is -0.342 e. The number of hydrogen-bond acceptors (Lipinski definition) is 3. The summed E-state index contributed by atoms with van der Waals surface area (Å²) in [4.78, 5) is 33.3. The molecular formula is C22H29N3O2. The normalized spacial score (nSPS) is 10.7. The first kappa shape index (κ1) is 20.6. The lowest BCUT2D eigenvalue weighted by atomic mass is 10.1. The third kappa shape index (κ3) is 5.64. The summed E-state index contributed by atoms with van der Waals surface area (Å²) in [5.74, 6) is -0.225. The maximum Gasteiger partial charge on any atom is 0.255 e. The van der Waals surface area contributed by atoms with E-state index in [2.05, 4.69) is 11.9 Å². The van der Waals surface area contributed by atoms with E-state index in [1.54, 1.807) is 22.9 Å². The zero-order chi connectivity index (χ0) is 19.8. The van der Waals surface area contributed by atoms with E-state index in [0.717, 1.165) is 18.4 Å². The van der Waals surface area contributed by atoms with Crippen LogP contribution in [0.15, 0.2) is 48.8 Å². The maximum absolute atomic E-state index is 13.1. The highest BCUT2D eigenvalue weighted by Gasteiger charge is 2.21. The van der Waals surface area contributed by atoms with Crippen molar-refractivity contribution in [1.82, 2.24) is 14.8 Å². The molecular weight excluding hydrogens is 338 g/mol. The van der Waals surface area contributed by atoms with Crippen LogP contribution in [0.5, 0.6) is 0 Å². The Bertz CT molecular complexity index is 759. The lowest BCUT2D eigenvalue weighted by Crippen LogP contribution is -2.36. The average Bonchev–Trinajstić information content (AvgIpc) is 2.69. The van der Waals surface area contributed by atoms with Gasteiger partial charge in [-0.1, -0.05) is 43.7 Å². The fraction of sp³-hybridized carbons (Fsp3) is 0.409. The first-order valence-corrected chi connectivity index (χ1v) is 9.49. The molecule has 2 rings (SSSR count). The Hall–Kier alpha value is -2.69. The second-order valence-electron chi connectivity index (χ2n) is 7.05. The summed E-state index contributed by atoms with van der Waals surface area (Å²) >= 11 is 0. The van der Waals surface area contributed by atoms with E-state index in [-0.39, 0.29) is 17.9 Å². The second kappa shape index (κ2) is 9.86. The van der Waals surface area contributed by atoms with Gasteiger partial charge in [-0.25, -0.2) is 0 Å². The molecule has 0 aliphatic heterocycles. The van der Waals surface area contributed by atoms with Crippen LogP contribution in [0.25, 0.3) is 0 Å². The molecule has 0 bridgehead atoms. The number of carbonyl (C=O) groups is 2. The highest BCUT2D eigenvalue weighted by Crippen LogP contribution is 2.15. The van der Waals surface area contributed by atoms with E-state index in [1.165, 1.54) is 12.4 Å². The molecule has 144 valence electrons. The van der Waals surface area contributed by atoms with Gasteiger partial charge in [0.15, 0.2) is 0 Å². The van der Waals surface area contributed by atoms with Crippen molar-refractivity contribution in [1.29, 1.82) is 0 Å². The number of aromatic nitrogens is 1. The molecule has 0 fully saturated rings. The number of carbonyl (C=O) groups excluding carboxylic acids is 2. The first-order chi connectivity index (χ1) is 12.9. The Labute approximate surface area is 162 Å². The molecule has 5 nitrogen and oxygen atoms in total. The molecule has 1 aromatic heterocycles. The molecule has 2 aromatic rings. The van der Waals surface area contributed by atoms with Crippen LogP contribution in [-0.4, -0.2) is 46.2 Å². The molecule has 0 unspecified atom stereocenters. The molecule has 2 amide bonds. The van der Waals surface area contributed by atoms with Crippen LogP contribution in [0.2, 0.25) is 0 Å². The van der Waals surface area contributed by atoms with E-state index in [4.69, 9.17) is 0 Å². The van der Waals surface area contributed by atoms with Crippen LogP contribution in [0.1, 0.15) is 59.9 Å². The lowest BCUT2D eigenvalue weighted by Gasteiger charge is -2.27. The summed E-state index contributed by atoms with van der Waals surface area (Å²) in [6.45, 7) is 7.28. The van der Waals surface area contributed by atoms with E-state index < -0.39 is 0 Å². The second-order valence-corrected chi connectivity index (χ2v) is 7.05. The topological polar surface area (TPSA) is 53.5 Å². The summed E-state index contributed by atoms with van der Waals surface area (Å²) in [7, 11) is 1.78. The number of nitrogens with zero attached hydrogens (tertiary/aromatic N) is 3. The van der Waals surface area contributed by atoms with Gasteiger partial charge in [0, 0.05) is 38.6 Å². The Balaban J connectivity index is 2.20. The molecule has 0 aliphatic carbocycles. The fourth-order valence-corrected chi connectivity index (χ4v) is 2.83. The van der Waals surface area contributed by atoms with E-state index in [0.29, 0.717) is 24.2 Å². The molecule has 0 atom stereocenters. The molecule has 0 spiro atoms. The van der Waals surface area contributed by atoms with Crippen LogP contribution in [0.4, 0.5) is 0 Å². The van der Waals surface area contributed by atoms with Crippen molar-refractivity contribution in [3.63, 3.8) is 0 Å². The highest BCUT2D eigenvalue weighted by atomic mass is 16.2. The molecule has 1 aromatic carbocycles. The molecule has 1 heterocycles. The number of unbranched alkanes of at least 4 members (excludes halogenated alkanes) is 1. The highest BCUT2D eigenvalue weighted by molar-refractivity contribution is 5.99. The Morgan fingerprint density at radius 3 is 2.26 bits per heavy atom. The molecule has 0 radical (unpaired) electrons. The van der Waals surface area contributed by atoms with Crippen LogP contribution < -0.4 is 0 Å². The maximum atomic E-state index is 13.1. The number of hydrogen-bond donors (Lipinski definition) is 0. The van der Waals surface area contributed by atoms with Gasteiger partial charge in [0.05, 0.1) is 11.1 Å². The van der Waals surface area contributed by atoms with Gasteiger partial charge in [0.2, 0.25) is 0 Å². The van der Waals surface area contributed by atoms with Crippen LogP contribution >= 0.6 is 0 Å². The molecule has 0 saturated carbocycles. The van der Waals surface area contributed by atoms with E-state index in [1.807, 2.05) is 44.2 Å². The third-order valence-corrected chi connectivity index (χ3v) is 4.51. The van der Waals surface area contributed by atoms with Crippen molar-refractivity contribution >= 4 is 11.8 Å². The number of amides is 2. The lowest BCUT2D eigenvalue weighted by molar-refractivity contribution is 0.0690. The first-order valence-electron chi connectivity index (χ1n) is 9.49. The van der Waals surface area contributed by atoms with Gasteiger partial charge in [0.25, 0.3) is 11.8 Å². The smallest absolute Gasteiger partial charge is 0.255 e. The SMILES string of the molecule is CCCCN(C)C(=O)c1cncc(C(=O)N(Cc2ccccc2)C(C)C)c1. The van der Waals surface area contributed by atoms with Crippen LogP contribution in [0.3, 0.4) is 0 Å². The summed E-state index contributed by atoms with van der Waals surface area (Å²) < 4.78 is 0. The number of pyridine rings is 1. The van der Waals surface area contributed by atoms with Gasteiger partial charge in [-0.15, -0.1) is 0 Å². The molecule has 0 aliphatic rings. The molecule has 0 N–H and O–H groups in total. The fourth-order valence-electron chi connectivity index (χ4n) is 2.83. The van der Waals surface area contributed by atoms with Crippen molar-refractivity contribution in [2.45, 2.75) is 46.2 Å². The van der Waals surface area contributed by atoms with Gasteiger partial charge in [-0.05, 0) is 31.9 Å². The van der Waals surface area contributed by atoms with Crippen molar-refractivity contribution in [3.05, 3.63) is 65.5 Å². The van der Waals surface area contributed by atoms with Crippen molar-refractivity contribution in [3.8, 4) is 0 Å². The van der Waals surface area contributed by atoms with Crippen molar-refractivity contribution in [2.24, 2.45) is 0 Å². The van der Waals surface area contributed by atoms with Gasteiger partial charge in [-0.3, -0.25) is 14.6 Å². The Morgan fingerprint density at radius 2 is 1.67 bits per heavy atom. The van der Waals surface area contributed by atoms with Crippen molar-refractivity contribution in [2.75, 3.05) is 13.6 Å². The summed E-state index contributed by atoms with van der Waals surface area (Å²) in [6.07, 6.45) is 5.04. The molecule has 0 saturated heterocycles. The zero-order valence-electron chi connectivity index (χ0n) is 16.7. The molecule has 5 heteroatoms. The Kier molecular flexibility index (Phi) is 7.53. The standard InChI is InChI=1S/C22H29N3O2/c1-5-6-12-24(4)21(26)19-13-20(15-23-14-19)22(27)25(17(2)3)16-18-10-8-7-9-11-18/h7-11,13-15,17H,5-6,12,16H2,1-4H3. The van der Waals surface area contributed by atoms with Crippen molar-refractivity contribution < 1.29 is 9.59 Å². The molecule has 27 heavy (non-hydrogen) atoms. The minimum atomic E-state index is -0.118. The minimum absolute atomic E-state index is 0.0318. The third-order valence-electron chi connectivity index (χ3n) is 4.51. The van der Waals surface area contributed by atoms with Gasteiger partial charge in [-0.2, -0.15) is 0 Å². The van der Waals surface area contributed by atoms with Gasteiger partial charge < -0.3 is 9.80 Å². The summed E-state index contributed by atoms with van der Waals surface area (Å²) in [6, 6.07) is 11.6. The number of rotatable bonds is 8. The van der Waals surface area contributed by atoms with Gasteiger partial charge in [0.1, 0.15) is 0 Å². The summed E-state index contributed by atoms with van der Waals surface area (Å²) in [5.41, 5.74) is 1.95. The largest absolute Gasteiger partial charge is 0.342 e. The number of benzene rings is 1. The average molecular weight is 367 g/mol. The Morgan fingerprint density at radius 1 is 1.04 bits per heavy atom. The van der Waals surface area contributed by atoms with E-state index in [9.17, 15) is 9.59 Å². The zero-order valence-corrected chi connectivity index (χ0v) is 16.7. The summed E-state index contributed by atoms with van der Waals surface area (Å²) in [5, 5.41) is 0. The predicted octanol–water partition coefficient (Wildman–Crippen LogP) is 4.00. The van der Waals surface area contributed by atoms with Crippen LogP contribution in [0, 0.1) is 0 Å². The van der Waals surface area contributed by atoms with Gasteiger partial charge >= 0.3 is 0 Å². The quantitative estimate of drug-likeness (QED) is 0.708.